The minimum atomic E-state index is -0.557. The van der Waals surface area contributed by atoms with Gasteiger partial charge in [-0.15, -0.1) is 0 Å². The lowest BCUT2D eigenvalue weighted by Crippen LogP contribution is -2.40. The van der Waals surface area contributed by atoms with E-state index in [-0.39, 0.29) is 11.3 Å². The largest absolute Gasteiger partial charge is 0.368 e. The predicted molar refractivity (Wildman–Crippen MR) is 68.0 cm³/mol. The molecule has 0 aromatic heterocycles. The van der Waals surface area contributed by atoms with Crippen molar-refractivity contribution in [1.29, 1.82) is 0 Å². The van der Waals surface area contributed by atoms with Crippen molar-refractivity contribution < 1.29 is 14.5 Å². The SMILES string of the molecule is NC(=O)C1CCCN1c1ccc(C=O)cc1[N+](=O)[O-]. The molecule has 0 aliphatic carbocycles. The molecule has 7 nitrogen and oxygen atoms in total. The molecule has 1 heterocycles. The second-order valence-corrected chi connectivity index (χ2v) is 4.38. The highest BCUT2D eigenvalue weighted by atomic mass is 16.6. The van der Waals surface area contributed by atoms with Crippen LogP contribution in [0, 0.1) is 10.1 Å². The summed E-state index contributed by atoms with van der Waals surface area (Å²) < 4.78 is 0. The zero-order valence-electron chi connectivity index (χ0n) is 10.1. The van der Waals surface area contributed by atoms with Crippen LogP contribution in [0.25, 0.3) is 0 Å². The van der Waals surface area contributed by atoms with E-state index in [1.54, 1.807) is 4.90 Å². The Labute approximate surface area is 109 Å². The summed E-state index contributed by atoms with van der Waals surface area (Å²) in [5.41, 5.74) is 5.68. The van der Waals surface area contributed by atoms with Crippen LogP contribution in [0.1, 0.15) is 23.2 Å². The molecule has 19 heavy (non-hydrogen) atoms. The fourth-order valence-electron chi connectivity index (χ4n) is 2.35. The van der Waals surface area contributed by atoms with Gasteiger partial charge in [0.05, 0.1) is 4.92 Å². The van der Waals surface area contributed by atoms with Gasteiger partial charge in [0.2, 0.25) is 5.91 Å². The molecule has 0 spiro atoms. The number of primary amides is 1. The van der Waals surface area contributed by atoms with Crippen molar-refractivity contribution in [3.8, 4) is 0 Å². The number of hydrogen-bond acceptors (Lipinski definition) is 5. The maximum atomic E-state index is 11.3. The molecule has 1 aromatic carbocycles. The van der Waals surface area contributed by atoms with Crippen LogP contribution >= 0.6 is 0 Å². The highest BCUT2D eigenvalue weighted by Crippen LogP contribution is 2.33. The first-order valence-corrected chi connectivity index (χ1v) is 5.84. The summed E-state index contributed by atoms with van der Waals surface area (Å²) in [7, 11) is 0. The second-order valence-electron chi connectivity index (χ2n) is 4.38. The molecular weight excluding hydrogens is 250 g/mol. The molecule has 0 saturated carbocycles. The van der Waals surface area contributed by atoms with Gasteiger partial charge >= 0.3 is 0 Å². The molecule has 1 aromatic rings. The van der Waals surface area contributed by atoms with Crippen LogP contribution in [0.2, 0.25) is 0 Å². The van der Waals surface area contributed by atoms with Gasteiger partial charge in [0.1, 0.15) is 18.0 Å². The Morgan fingerprint density at radius 2 is 2.26 bits per heavy atom. The molecule has 1 amide bonds. The molecule has 1 aliphatic rings. The van der Waals surface area contributed by atoms with Gasteiger partial charge in [0.25, 0.3) is 5.69 Å². The summed E-state index contributed by atoms with van der Waals surface area (Å²) in [5.74, 6) is -0.494. The lowest BCUT2D eigenvalue weighted by Gasteiger charge is -2.24. The van der Waals surface area contributed by atoms with E-state index in [4.69, 9.17) is 5.73 Å². The van der Waals surface area contributed by atoms with Gasteiger partial charge in [0.15, 0.2) is 0 Å². The van der Waals surface area contributed by atoms with E-state index in [9.17, 15) is 19.7 Å². The Balaban J connectivity index is 2.46. The number of hydrogen-bond donors (Lipinski definition) is 1. The molecule has 0 bridgehead atoms. The van der Waals surface area contributed by atoms with Crippen LogP contribution < -0.4 is 10.6 Å². The predicted octanol–water partition coefficient (Wildman–Crippen LogP) is 0.861. The molecule has 1 unspecified atom stereocenters. The van der Waals surface area contributed by atoms with E-state index in [0.29, 0.717) is 24.9 Å². The molecule has 2 N–H and O–H groups in total. The maximum Gasteiger partial charge on any atom is 0.293 e. The van der Waals surface area contributed by atoms with Gasteiger partial charge in [-0.25, -0.2) is 0 Å². The first-order valence-electron chi connectivity index (χ1n) is 5.84. The van der Waals surface area contributed by atoms with Crippen molar-refractivity contribution in [2.45, 2.75) is 18.9 Å². The van der Waals surface area contributed by atoms with Crippen LogP contribution in [0.4, 0.5) is 11.4 Å². The quantitative estimate of drug-likeness (QED) is 0.492. The Kier molecular flexibility index (Phi) is 3.46. The van der Waals surface area contributed by atoms with Crippen molar-refractivity contribution in [3.05, 3.63) is 33.9 Å². The normalized spacial score (nSPS) is 18.3. The number of carbonyl (C=O) groups is 2. The monoisotopic (exact) mass is 263 g/mol. The summed E-state index contributed by atoms with van der Waals surface area (Å²) in [5, 5.41) is 11.1. The van der Waals surface area contributed by atoms with Gasteiger partial charge in [-0.05, 0) is 25.0 Å². The highest BCUT2D eigenvalue weighted by Gasteiger charge is 2.33. The lowest BCUT2D eigenvalue weighted by molar-refractivity contribution is -0.384. The van der Waals surface area contributed by atoms with Crippen LogP contribution in [0.3, 0.4) is 0 Å². The molecule has 1 fully saturated rings. The molecule has 0 radical (unpaired) electrons. The highest BCUT2D eigenvalue weighted by molar-refractivity contribution is 5.86. The minimum Gasteiger partial charge on any atom is -0.368 e. The van der Waals surface area contributed by atoms with E-state index in [1.807, 2.05) is 0 Å². The zero-order valence-corrected chi connectivity index (χ0v) is 10.1. The van der Waals surface area contributed by atoms with Crippen LogP contribution in [0.15, 0.2) is 18.2 Å². The third-order valence-corrected chi connectivity index (χ3v) is 3.22. The fraction of sp³-hybridized carbons (Fsp3) is 0.333. The first kappa shape index (κ1) is 13.0. The molecule has 2 rings (SSSR count). The van der Waals surface area contributed by atoms with Gasteiger partial charge in [-0.1, -0.05) is 0 Å². The summed E-state index contributed by atoms with van der Waals surface area (Å²) >= 11 is 0. The Morgan fingerprint density at radius 3 is 2.84 bits per heavy atom. The molecule has 1 saturated heterocycles. The number of nitrogens with zero attached hydrogens (tertiary/aromatic N) is 2. The van der Waals surface area contributed by atoms with Crippen LogP contribution in [-0.2, 0) is 4.79 Å². The number of nitro groups is 1. The second kappa shape index (κ2) is 5.05. The minimum absolute atomic E-state index is 0.183. The standard InChI is InChI=1S/C12H13N3O4/c13-12(17)10-2-1-5-14(10)9-4-3-8(7-16)6-11(9)15(18)19/h3-4,6-7,10H,1-2,5H2,(H2,13,17). The van der Waals surface area contributed by atoms with Crippen LogP contribution in [-0.4, -0.2) is 29.7 Å². The Bertz CT molecular complexity index is 544. The van der Waals surface area contributed by atoms with Gasteiger partial charge in [0, 0.05) is 18.2 Å². The average Bonchev–Trinajstić information content (AvgIpc) is 2.87. The number of nitro benzene ring substituents is 1. The average molecular weight is 263 g/mol. The van der Waals surface area contributed by atoms with Crippen molar-refractivity contribution in [3.63, 3.8) is 0 Å². The molecule has 100 valence electrons. The summed E-state index contributed by atoms with van der Waals surface area (Å²) in [6, 6.07) is 3.66. The van der Waals surface area contributed by atoms with Crippen molar-refractivity contribution in [2.24, 2.45) is 5.73 Å². The zero-order chi connectivity index (χ0) is 14.0. The maximum absolute atomic E-state index is 11.3. The number of amides is 1. The van der Waals surface area contributed by atoms with Gasteiger partial charge in [-0.2, -0.15) is 0 Å². The van der Waals surface area contributed by atoms with Crippen molar-refractivity contribution in [2.75, 3.05) is 11.4 Å². The van der Waals surface area contributed by atoms with E-state index in [0.717, 1.165) is 6.42 Å². The summed E-state index contributed by atoms with van der Waals surface area (Å²) in [6.45, 7) is 0.537. The fourth-order valence-corrected chi connectivity index (χ4v) is 2.35. The Hall–Kier alpha value is -2.44. The first-order chi connectivity index (χ1) is 9.04. The van der Waals surface area contributed by atoms with Crippen molar-refractivity contribution >= 4 is 23.6 Å². The molecule has 1 atom stereocenters. The molecule has 1 aliphatic heterocycles. The van der Waals surface area contributed by atoms with Gasteiger partial charge < -0.3 is 10.6 Å². The van der Waals surface area contributed by atoms with Gasteiger partial charge in [-0.3, -0.25) is 19.7 Å². The number of anilines is 1. The topological polar surface area (TPSA) is 107 Å². The van der Waals surface area contributed by atoms with E-state index < -0.39 is 16.9 Å². The number of benzene rings is 1. The summed E-state index contributed by atoms with van der Waals surface area (Å²) in [6.07, 6.45) is 1.88. The van der Waals surface area contributed by atoms with E-state index in [1.165, 1.54) is 18.2 Å². The lowest BCUT2D eigenvalue weighted by atomic mass is 10.1. The number of nitrogens with two attached hydrogens (primary N) is 1. The number of carbonyl (C=O) groups excluding carboxylic acids is 2. The van der Waals surface area contributed by atoms with E-state index >= 15 is 0 Å². The smallest absolute Gasteiger partial charge is 0.293 e. The van der Waals surface area contributed by atoms with Crippen LogP contribution in [0.5, 0.6) is 0 Å². The third kappa shape index (κ3) is 2.40. The Morgan fingerprint density at radius 1 is 1.53 bits per heavy atom. The van der Waals surface area contributed by atoms with Crippen molar-refractivity contribution in [1.82, 2.24) is 0 Å². The number of rotatable bonds is 4. The summed E-state index contributed by atoms with van der Waals surface area (Å²) in [4.78, 5) is 34.2. The van der Waals surface area contributed by atoms with E-state index in [2.05, 4.69) is 0 Å². The molecular formula is C12H13N3O4. The third-order valence-electron chi connectivity index (χ3n) is 3.22. The number of aldehydes is 1. The molecule has 7 heteroatoms.